The number of fused-ring (bicyclic) bond motifs is 1. The Balaban J connectivity index is 1.64. The van der Waals surface area contributed by atoms with Crippen molar-refractivity contribution < 1.29 is 9.53 Å². The van der Waals surface area contributed by atoms with Crippen molar-refractivity contribution in [3.8, 4) is 0 Å². The molecular weight excluding hydrogens is 302 g/mol. The summed E-state index contributed by atoms with van der Waals surface area (Å²) >= 11 is 0. The standard InChI is InChI=1S/C19H23N3O2/c1-13-10-22(17(11-24-13)14-6-3-2-4-7-14)19(23)15-8-5-9-16-18(15)21-12-20-16/h2-4,6-7,12-13,15,17H,5,8-11H2,1H3,(H,20,21)/t13-,15-,17-/m1/s1. The van der Waals surface area contributed by atoms with E-state index in [9.17, 15) is 4.79 Å². The molecule has 2 aromatic rings. The molecule has 2 heterocycles. The van der Waals surface area contributed by atoms with Gasteiger partial charge in [-0.05, 0) is 31.7 Å². The third kappa shape index (κ3) is 2.73. The average Bonchev–Trinajstić information content (AvgIpc) is 3.10. The van der Waals surface area contributed by atoms with Gasteiger partial charge in [0.2, 0.25) is 5.91 Å². The molecule has 126 valence electrons. The zero-order valence-electron chi connectivity index (χ0n) is 13.9. The molecule has 24 heavy (non-hydrogen) atoms. The smallest absolute Gasteiger partial charge is 0.232 e. The second-order valence-corrected chi connectivity index (χ2v) is 6.77. The summed E-state index contributed by atoms with van der Waals surface area (Å²) in [5.74, 6) is 0.0589. The number of nitrogens with one attached hydrogen (secondary N) is 1. The Morgan fingerprint density at radius 1 is 1.33 bits per heavy atom. The summed E-state index contributed by atoms with van der Waals surface area (Å²) < 4.78 is 5.85. The number of hydrogen-bond acceptors (Lipinski definition) is 3. The fourth-order valence-electron chi connectivity index (χ4n) is 3.89. The Morgan fingerprint density at radius 2 is 2.17 bits per heavy atom. The predicted molar refractivity (Wildman–Crippen MR) is 90.6 cm³/mol. The molecule has 1 aromatic carbocycles. The molecule has 5 heteroatoms. The molecule has 1 fully saturated rings. The summed E-state index contributed by atoms with van der Waals surface area (Å²) in [5.41, 5.74) is 3.20. The number of aromatic amines is 1. The van der Waals surface area contributed by atoms with Crippen LogP contribution in [0.1, 0.15) is 48.7 Å². The maximum Gasteiger partial charge on any atom is 0.232 e. The zero-order valence-corrected chi connectivity index (χ0v) is 13.9. The Morgan fingerprint density at radius 3 is 3.00 bits per heavy atom. The molecule has 0 radical (unpaired) electrons. The minimum Gasteiger partial charge on any atom is -0.374 e. The van der Waals surface area contributed by atoms with Gasteiger partial charge in [0, 0.05) is 12.2 Å². The van der Waals surface area contributed by atoms with E-state index in [2.05, 4.69) is 22.1 Å². The first-order valence-corrected chi connectivity index (χ1v) is 8.73. The maximum absolute atomic E-state index is 13.4. The van der Waals surface area contributed by atoms with Crippen LogP contribution in [0.25, 0.3) is 0 Å². The lowest BCUT2D eigenvalue weighted by Crippen LogP contribution is -2.48. The lowest BCUT2D eigenvalue weighted by atomic mass is 9.88. The van der Waals surface area contributed by atoms with Crippen molar-refractivity contribution in [1.82, 2.24) is 14.9 Å². The van der Waals surface area contributed by atoms with Crippen LogP contribution in [0.4, 0.5) is 0 Å². The second kappa shape index (κ2) is 6.40. The fourth-order valence-corrected chi connectivity index (χ4v) is 3.89. The zero-order chi connectivity index (χ0) is 16.5. The SMILES string of the molecule is C[C@@H]1CN(C(=O)[C@@H]2CCCc3[nH]cnc32)[C@@H](c2ccccc2)CO1. The van der Waals surface area contributed by atoms with Gasteiger partial charge in [0.05, 0.1) is 36.7 Å². The maximum atomic E-state index is 13.4. The van der Waals surface area contributed by atoms with E-state index in [1.165, 1.54) is 0 Å². The van der Waals surface area contributed by atoms with Crippen molar-refractivity contribution in [2.75, 3.05) is 13.2 Å². The van der Waals surface area contributed by atoms with Crippen LogP contribution in [-0.4, -0.2) is 40.0 Å². The van der Waals surface area contributed by atoms with Gasteiger partial charge in [-0.3, -0.25) is 4.79 Å². The summed E-state index contributed by atoms with van der Waals surface area (Å²) in [7, 11) is 0. The van der Waals surface area contributed by atoms with E-state index in [0.29, 0.717) is 13.2 Å². The van der Waals surface area contributed by atoms with Crippen LogP contribution in [0.2, 0.25) is 0 Å². The van der Waals surface area contributed by atoms with E-state index in [1.54, 1.807) is 6.33 Å². The fraction of sp³-hybridized carbons (Fsp3) is 0.474. The van der Waals surface area contributed by atoms with Crippen molar-refractivity contribution in [2.24, 2.45) is 0 Å². The molecule has 0 unspecified atom stereocenters. The molecule has 1 aliphatic carbocycles. The molecule has 0 bridgehead atoms. The predicted octanol–water partition coefficient (Wildman–Crippen LogP) is 2.82. The summed E-state index contributed by atoms with van der Waals surface area (Å²) in [5, 5.41) is 0. The molecule has 0 saturated carbocycles. The van der Waals surface area contributed by atoms with Crippen LogP contribution in [-0.2, 0) is 16.0 Å². The number of rotatable bonds is 2. The van der Waals surface area contributed by atoms with Crippen molar-refractivity contribution in [3.05, 3.63) is 53.6 Å². The molecule has 1 aromatic heterocycles. The number of amides is 1. The number of imidazole rings is 1. The van der Waals surface area contributed by atoms with Gasteiger partial charge in [0.25, 0.3) is 0 Å². The topological polar surface area (TPSA) is 58.2 Å². The normalized spacial score (nSPS) is 26.9. The summed E-state index contributed by atoms with van der Waals surface area (Å²) in [6.07, 6.45) is 4.68. The van der Waals surface area contributed by atoms with E-state index in [4.69, 9.17) is 4.74 Å². The monoisotopic (exact) mass is 325 g/mol. The number of carbonyl (C=O) groups is 1. The van der Waals surface area contributed by atoms with Crippen molar-refractivity contribution in [1.29, 1.82) is 0 Å². The van der Waals surface area contributed by atoms with E-state index < -0.39 is 0 Å². The van der Waals surface area contributed by atoms with Crippen LogP contribution in [0, 0.1) is 0 Å². The van der Waals surface area contributed by atoms with Gasteiger partial charge in [0.15, 0.2) is 0 Å². The number of aromatic nitrogens is 2. The number of carbonyl (C=O) groups excluding carboxylic acids is 1. The summed E-state index contributed by atoms with van der Waals surface area (Å²) in [6, 6.07) is 10.2. The van der Waals surface area contributed by atoms with Gasteiger partial charge in [-0.2, -0.15) is 0 Å². The third-order valence-electron chi connectivity index (χ3n) is 5.14. The van der Waals surface area contributed by atoms with Crippen LogP contribution in [0.5, 0.6) is 0 Å². The second-order valence-electron chi connectivity index (χ2n) is 6.77. The summed E-state index contributed by atoms with van der Waals surface area (Å²) in [4.78, 5) is 23.0. The van der Waals surface area contributed by atoms with Gasteiger partial charge < -0.3 is 14.6 Å². The lowest BCUT2D eigenvalue weighted by Gasteiger charge is -2.41. The van der Waals surface area contributed by atoms with Gasteiger partial charge in [-0.15, -0.1) is 0 Å². The Bertz CT molecular complexity index is 712. The Kier molecular flexibility index (Phi) is 4.10. The Hall–Kier alpha value is -2.14. The van der Waals surface area contributed by atoms with Gasteiger partial charge in [-0.1, -0.05) is 30.3 Å². The highest BCUT2D eigenvalue weighted by molar-refractivity contribution is 5.84. The van der Waals surface area contributed by atoms with Gasteiger partial charge in [-0.25, -0.2) is 4.98 Å². The molecule has 2 aliphatic rings. The van der Waals surface area contributed by atoms with Gasteiger partial charge >= 0.3 is 0 Å². The van der Waals surface area contributed by atoms with E-state index in [-0.39, 0.29) is 24.0 Å². The average molecular weight is 325 g/mol. The highest BCUT2D eigenvalue weighted by Crippen LogP contribution is 2.35. The highest BCUT2D eigenvalue weighted by Gasteiger charge is 2.38. The number of H-pyrrole nitrogens is 1. The number of morpholine rings is 1. The quantitative estimate of drug-likeness (QED) is 0.924. The molecule has 1 saturated heterocycles. The van der Waals surface area contributed by atoms with Crippen LogP contribution >= 0.6 is 0 Å². The van der Waals surface area contributed by atoms with Crippen LogP contribution < -0.4 is 0 Å². The molecule has 1 amide bonds. The number of ether oxygens (including phenoxy) is 1. The van der Waals surface area contributed by atoms with E-state index in [0.717, 1.165) is 36.2 Å². The number of nitrogens with zero attached hydrogens (tertiary/aromatic N) is 2. The van der Waals surface area contributed by atoms with Crippen molar-refractivity contribution in [2.45, 2.75) is 44.2 Å². The van der Waals surface area contributed by atoms with E-state index in [1.807, 2.05) is 30.0 Å². The first-order chi connectivity index (χ1) is 11.7. The first-order valence-electron chi connectivity index (χ1n) is 8.73. The number of aryl methyl sites for hydroxylation is 1. The molecule has 4 rings (SSSR count). The van der Waals surface area contributed by atoms with Gasteiger partial charge in [0.1, 0.15) is 0 Å². The minimum atomic E-state index is -0.128. The molecule has 5 nitrogen and oxygen atoms in total. The summed E-state index contributed by atoms with van der Waals surface area (Å²) in [6.45, 7) is 3.22. The first kappa shape index (κ1) is 15.4. The van der Waals surface area contributed by atoms with Crippen LogP contribution in [0.15, 0.2) is 36.7 Å². The number of hydrogen-bond donors (Lipinski definition) is 1. The van der Waals surface area contributed by atoms with E-state index >= 15 is 0 Å². The lowest BCUT2D eigenvalue weighted by molar-refractivity contribution is -0.146. The van der Waals surface area contributed by atoms with Crippen molar-refractivity contribution >= 4 is 5.91 Å². The minimum absolute atomic E-state index is 0.0146. The molecule has 1 N–H and O–H groups in total. The highest BCUT2D eigenvalue weighted by atomic mass is 16.5. The molecule has 0 spiro atoms. The number of benzene rings is 1. The Labute approximate surface area is 142 Å². The third-order valence-corrected chi connectivity index (χ3v) is 5.14. The van der Waals surface area contributed by atoms with Crippen molar-refractivity contribution in [3.63, 3.8) is 0 Å². The van der Waals surface area contributed by atoms with Crippen LogP contribution in [0.3, 0.4) is 0 Å². The molecule has 1 aliphatic heterocycles. The largest absolute Gasteiger partial charge is 0.374 e. The molecular formula is C19H23N3O2. The molecule has 3 atom stereocenters.